The maximum absolute atomic E-state index is 12.0. The number of benzene rings is 3. The van der Waals surface area contributed by atoms with Gasteiger partial charge in [-0.05, 0) is 39.7 Å². The fourth-order valence-electron chi connectivity index (χ4n) is 2.45. The van der Waals surface area contributed by atoms with E-state index in [1.165, 1.54) is 12.3 Å². The Morgan fingerprint density at radius 3 is 2.54 bits per heavy atom. The van der Waals surface area contributed by atoms with Crippen molar-refractivity contribution >= 4 is 44.0 Å². The molecule has 0 unspecified atom stereocenters. The second-order valence-electron chi connectivity index (χ2n) is 5.77. The van der Waals surface area contributed by atoms with Gasteiger partial charge in [-0.3, -0.25) is 4.79 Å². The zero-order valence-corrected chi connectivity index (χ0v) is 17.8. The molecule has 0 aliphatic rings. The Kier molecular flexibility index (Phi) is 6.84. The average Bonchev–Trinajstić information content (AvgIpc) is 2.71. The van der Waals surface area contributed by atoms with Gasteiger partial charge in [0.1, 0.15) is 11.5 Å². The van der Waals surface area contributed by atoms with Gasteiger partial charge in [-0.2, -0.15) is 5.10 Å². The van der Waals surface area contributed by atoms with Crippen LogP contribution in [0.15, 0.2) is 80.8 Å². The number of aromatic hydroxyl groups is 1. The summed E-state index contributed by atoms with van der Waals surface area (Å²) in [5, 5.41) is 13.6. The first-order chi connectivity index (χ1) is 13.5. The van der Waals surface area contributed by atoms with Crippen LogP contribution in [0, 0.1) is 0 Å². The van der Waals surface area contributed by atoms with E-state index in [9.17, 15) is 9.90 Å². The lowest BCUT2D eigenvalue weighted by atomic mass is 10.1. The smallest absolute Gasteiger partial charge is 0.277 e. The summed E-state index contributed by atoms with van der Waals surface area (Å²) in [6, 6.07) is 20.6. The summed E-state index contributed by atoms with van der Waals surface area (Å²) in [4.78, 5) is 12.0. The van der Waals surface area contributed by atoms with Crippen LogP contribution in [0.1, 0.15) is 5.56 Å². The minimum absolute atomic E-state index is 0.0804. The molecule has 0 aliphatic heterocycles. The Bertz CT molecular complexity index is 1010. The normalized spacial score (nSPS) is 10.8. The Labute approximate surface area is 179 Å². The van der Waals surface area contributed by atoms with Crippen LogP contribution in [0.5, 0.6) is 11.5 Å². The van der Waals surface area contributed by atoms with E-state index in [2.05, 4.69) is 42.4 Å². The molecule has 0 fully saturated rings. The molecule has 0 aromatic heterocycles. The van der Waals surface area contributed by atoms with E-state index < -0.39 is 5.91 Å². The number of para-hydroxylation sites is 1. The SMILES string of the molecule is O=C(COc1ccccc1-c1ccccc1)N/N=C\c1cc(O)c(Br)cc1Br. The molecule has 28 heavy (non-hydrogen) atoms. The summed E-state index contributed by atoms with van der Waals surface area (Å²) in [5.41, 5.74) is 4.96. The molecule has 0 bridgehead atoms. The molecule has 0 saturated heterocycles. The summed E-state index contributed by atoms with van der Waals surface area (Å²) in [7, 11) is 0. The third-order valence-corrected chi connectivity index (χ3v) is 5.11. The van der Waals surface area contributed by atoms with Crippen molar-refractivity contribution in [1.82, 2.24) is 5.43 Å². The molecule has 3 aromatic rings. The number of amides is 1. The molecule has 0 atom stereocenters. The summed E-state index contributed by atoms with van der Waals surface area (Å²) in [5.74, 6) is 0.307. The molecule has 5 nitrogen and oxygen atoms in total. The van der Waals surface area contributed by atoms with E-state index in [-0.39, 0.29) is 12.4 Å². The standard InChI is InChI=1S/C21H16Br2N2O3/c22-17-11-18(23)19(26)10-15(17)12-24-25-21(27)13-28-20-9-5-4-8-16(20)14-6-2-1-3-7-14/h1-12,26H,13H2,(H,25,27)/b24-12-. The highest BCUT2D eigenvalue weighted by molar-refractivity contribution is 9.11. The average molecular weight is 504 g/mol. The first kappa shape index (κ1) is 20.1. The minimum Gasteiger partial charge on any atom is -0.507 e. The molecule has 0 heterocycles. The first-order valence-corrected chi connectivity index (χ1v) is 9.90. The van der Waals surface area contributed by atoms with E-state index in [0.29, 0.717) is 15.8 Å². The maximum Gasteiger partial charge on any atom is 0.277 e. The number of carbonyl (C=O) groups is 1. The van der Waals surface area contributed by atoms with Crippen LogP contribution in [-0.4, -0.2) is 23.8 Å². The Hall–Kier alpha value is -2.64. The highest BCUT2D eigenvalue weighted by Crippen LogP contribution is 2.30. The van der Waals surface area contributed by atoms with Crippen molar-refractivity contribution in [2.75, 3.05) is 6.61 Å². The molecule has 0 aliphatic carbocycles. The molecule has 2 N–H and O–H groups in total. The summed E-state index contributed by atoms with van der Waals surface area (Å²) in [6.07, 6.45) is 1.44. The predicted molar refractivity (Wildman–Crippen MR) is 117 cm³/mol. The lowest BCUT2D eigenvalue weighted by Crippen LogP contribution is -2.24. The quantitative estimate of drug-likeness (QED) is 0.362. The van der Waals surface area contributed by atoms with Crippen molar-refractivity contribution < 1.29 is 14.6 Å². The molecule has 142 valence electrons. The monoisotopic (exact) mass is 502 g/mol. The molecule has 3 aromatic carbocycles. The zero-order chi connectivity index (χ0) is 19.9. The van der Waals surface area contributed by atoms with Crippen molar-refractivity contribution in [2.45, 2.75) is 0 Å². The Morgan fingerprint density at radius 1 is 1.04 bits per heavy atom. The van der Waals surface area contributed by atoms with Crippen LogP contribution in [0.4, 0.5) is 0 Å². The highest BCUT2D eigenvalue weighted by atomic mass is 79.9. The minimum atomic E-state index is -0.392. The van der Waals surface area contributed by atoms with Gasteiger partial charge in [-0.15, -0.1) is 0 Å². The van der Waals surface area contributed by atoms with Crippen molar-refractivity contribution in [1.29, 1.82) is 0 Å². The molecular weight excluding hydrogens is 488 g/mol. The first-order valence-electron chi connectivity index (χ1n) is 8.32. The fourth-order valence-corrected chi connectivity index (χ4v) is 3.55. The fraction of sp³-hybridized carbons (Fsp3) is 0.0476. The molecule has 3 rings (SSSR count). The number of nitrogens with one attached hydrogen (secondary N) is 1. The number of rotatable bonds is 6. The lowest BCUT2D eigenvalue weighted by Gasteiger charge is -2.11. The summed E-state index contributed by atoms with van der Waals surface area (Å²) in [6.45, 7) is -0.173. The van der Waals surface area contributed by atoms with E-state index in [1.54, 1.807) is 6.07 Å². The summed E-state index contributed by atoms with van der Waals surface area (Å²) >= 11 is 6.60. The van der Waals surface area contributed by atoms with Crippen molar-refractivity contribution in [3.8, 4) is 22.6 Å². The van der Waals surface area contributed by atoms with Gasteiger partial charge in [0.2, 0.25) is 0 Å². The van der Waals surface area contributed by atoms with E-state index in [0.717, 1.165) is 15.6 Å². The third-order valence-electron chi connectivity index (χ3n) is 3.79. The number of ether oxygens (including phenoxy) is 1. The molecule has 0 saturated carbocycles. The number of nitrogens with zero attached hydrogens (tertiary/aromatic N) is 1. The molecule has 7 heteroatoms. The van der Waals surface area contributed by atoms with E-state index in [1.807, 2.05) is 54.6 Å². The maximum atomic E-state index is 12.0. The second kappa shape index (κ2) is 9.52. The second-order valence-corrected chi connectivity index (χ2v) is 7.48. The van der Waals surface area contributed by atoms with Gasteiger partial charge < -0.3 is 9.84 Å². The molecule has 0 radical (unpaired) electrons. The van der Waals surface area contributed by atoms with Gasteiger partial charge in [0.25, 0.3) is 5.91 Å². The number of phenols is 1. The van der Waals surface area contributed by atoms with Gasteiger partial charge in [0.05, 0.1) is 10.7 Å². The number of carbonyl (C=O) groups excluding carboxylic acids is 1. The van der Waals surface area contributed by atoms with Crippen LogP contribution < -0.4 is 10.2 Å². The largest absolute Gasteiger partial charge is 0.507 e. The van der Waals surface area contributed by atoms with E-state index >= 15 is 0 Å². The number of phenolic OH excluding ortho intramolecular Hbond substituents is 1. The van der Waals surface area contributed by atoms with Crippen LogP contribution in [0.2, 0.25) is 0 Å². The van der Waals surface area contributed by atoms with Crippen molar-refractivity contribution in [2.24, 2.45) is 5.10 Å². The number of hydrogen-bond donors (Lipinski definition) is 2. The highest BCUT2D eigenvalue weighted by Gasteiger charge is 2.08. The predicted octanol–water partition coefficient (Wildman–Crippen LogP) is 5.11. The number of hydrogen-bond acceptors (Lipinski definition) is 4. The summed E-state index contributed by atoms with van der Waals surface area (Å²) < 4.78 is 6.96. The molecular formula is C21H16Br2N2O3. The zero-order valence-electron chi connectivity index (χ0n) is 14.6. The molecule has 1 amide bonds. The van der Waals surface area contributed by atoms with Crippen LogP contribution in [0.3, 0.4) is 0 Å². The molecule has 0 spiro atoms. The van der Waals surface area contributed by atoms with Gasteiger partial charge in [-0.1, -0.05) is 64.5 Å². The third kappa shape index (κ3) is 5.21. The Morgan fingerprint density at radius 2 is 1.75 bits per heavy atom. The number of halogens is 2. The van der Waals surface area contributed by atoms with Gasteiger partial charge >= 0.3 is 0 Å². The van der Waals surface area contributed by atoms with E-state index in [4.69, 9.17) is 4.74 Å². The van der Waals surface area contributed by atoms with Crippen molar-refractivity contribution in [3.63, 3.8) is 0 Å². The van der Waals surface area contributed by atoms with Crippen LogP contribution >= 0.6 is 31.9 Å². The van der Waals surface area contributed by atoms with Crippen LogP contribution in [-0.2, 0) is 4.79 Å². The topological polar surface area (TPSA) is 70.9 Å². The van der Waals surface area contributed by atoms with Gasteiger partial charge in [-0.25, -0.2) is 5.43 Å². The number of hydrazone groups is 1. The lowest BCUT2D eigenvalue weighted by molar-refractivity contribution is -0.123. The van der Waals surface area contributed by atoms with Crippen LogP contribution in [0.25, 0.3) is 11.1 Å². The van der Waals surface area contributed by atoms with Gasteiger partial charge in [0, 0.05) is 15.6 Å². The van der Waals surface area contributed by atoms with Gasteiger partial charge in [0.15, 0.2) is 6.61 Å². The van der Waals surface area contributed by atoms with Crippen molar-refractivity contribution in [3.05, 3.63) is 81.2 Å². The Balaban J connectivity index is 1.61.